The Bertz CT molecular complexity index is 581. The molecule has 5 heteroatoms. The van der Waals surface area contributed by atoms with Crippen molar-refractivity contribution in [1.29, 1.82) is 0 Å². The number of methoxy groups -OCH3 is 2. The zero-order chi connectivity index (χ0) is 16.2. The Morgan fingerprint density at radius 1 is 0.955 bits per heavy atom. The molecule has 0 saturated heterocycles. The lowest BCUT2D eigenvalue weighted by Crippen LogP contribution is -2.24. The van der Waals surface area contributed by atoms with E-state index in [1.807, 2.05) is 35.2 Å². The molecule has 0 N–H and O–H groups in total. The standard InChI is InChI=1S/C17H17NO4/c1-21-16(19)10-6-12-18(13-7-11-17(20)22-2)14-15-8-4-3-5-9-15/h3-5,8-9H,12-14H2,1-2H3. The minimum atomic E-state index is -0.583. The molecule has 1 aromatic carbocycles. The average Bonchev–Trinajstić information content (AvgIpc) is 2.55. The number of hydrogen-bond acceptors (Lipinski definition) is 5. The summed E-state index contributed by atoms with van der Waals surface area (Å²) in [6, 6.07) is 9.77. The van der Waals surface area contributed by atoms with Gasteiger partial charge >= 0.3 is 11.9 Å². The van der Waals surface area contributed by atoms with Crippen molar-refractivity contribution in [3.8, 4) is 23.7 Å². The van der Waals surface area contributed by atoms with Gasteiger partial charge in [0.15, 0.2) is 0 Å². The van der Waals surface area contributed by atoms with Gasteiger partial charge in [-0.05, 0) is 5.56 Å². The predicted molar refractivity (Wildman–Crippen MR) is 81.3 cm³/mol. The second kappa shape index (κ2) is 10.0. The molecule has 1 aromatic rings. The maximum Gasteiger partial charge on any atom is 0.384 e. The Labute approximate surface area is 130 Å². The highest BCUT2D eigenvalue weighted by molar-refractivity contribution is 5.88. The molecule has 5 nitrogen and oxygen atoms in total. The number of carbonyl (C=O) groups excluding carboxylic acids is 2. The fourth-order valence-electron chi connectivity index (χ4n) is 1.56. The number of benzene rings is 1. The van der Waals surface area contributed by atoms with E-state index in [1.54, 1.807) is 0 Å². The van der Waals surface area contributed by atoms with Gasteiger partial charge in [-0.3, -0.25) is 4.90 Å². The molecule has 114 valence electrons. The van der Waals surface area contributed by atoms with Crippen LogP contribution in [0.5, 0.6) is 0 Å². The number of rotatable bonds is 4. The lowest BCUT2D eigenvalue weighted by molar-refractivity contribution is -0.134. The van der Waals surface area contributed by atoms with E-state index in [-0.39, 0.29) is 0 Å². The largest absolute Gasteiger partial charge is 0.459 e. The van der Waals surface area contributed by atoms with E-state index in [1.165, 1.54) is 14.2 Å². The van der Waals surface area contributed by atoms with E-state index in [0.717, 1.165) is 5.56 Å². The number of hydrogen-bond donors (Lipinski definition) is 0. The summed E-state index contributed by atoms with van der Waals surface area (Å²) in [5.41, 5.74) is 1.09. The van der Waals surface area contributed by atoms with Crippen LogP contribution in [0.3, 0.4) is 0 Å². The summed E-state index contributed by atoms with van der Waals surface area (Å²) in [5.74, 6) is 9.02. The Morgan fingerprint density at radius 2 is 1.45 bits per heavy atom. The third-order valence-electron chi connectivity index (χ3n) is 2.61. The first-order valence-electron chi connectivity index (χ1n) is 6.55. The van der Waals surface area contributed by atoms with Crippen LogP contribution in [0, 0.1) is 23.7 Å². The van der Waals surface area contributed by atoms with Crippen molar-refractivity contribution in [1.82, 2.24) is 4.90 Å². The monoisotopic (exact) mass is 299 g/mol. The first kappa shape index (κ1) is 17.3. The molecular formula is C17H17NO4. The van der Waals surface area contributed by atoms with Gasteiger partial charge in [-0.25, -0.2) is 9.59 Å². The first-order valence-corrected chi connectivity index (χ1v) is 6.55. The number of esters is 2. The van der Waals surface area contributed by atoms with Crippen LogP contribution in [-0.4, -0.2) is 44.1 Å². The molecule has 0 radical (unpaired) electrons. The number of ether oxygens (including phenoxy) is 2. The fourth-order valence-corrected chi connectivity index (χ4v) is 1.56. The summed E-state index contributed by atoms with van der Waals surface area (Å²) in [5, 5.41) is 0. The lowest BCUT2D eigenvalue weighted by atomic mass is 10.2. The minimum absolute atomic E-state index is 0.333. The molecule has 0 saturated carbocycles. The van der Waals surface area contributed by atoms with E-state index in [2.05, 4.69) is 33.2 Å². The normalized spacial score (nSPS) is 9.05. The van der Waals surface area contributed by atoms with Gasteiger partial charge in [0.05, 0.1) is 27.3 Å². The molecule has 0 fully saturated rings. The number of carbonyl (C=O) groups is 2. The number of nitrogens with zero attached hydrogens (tertiary/aromatic N) is 1. The quantitative estimate of drug-likeness (QED) is 0.468. The van der Waals surface area contributed by atoms with Crippen LogP contribution >= 0.6 is 0 Å². The zero-order valence-corrected chi connectivity index (χ0v) is 12.6. The molecule has 0 unspecified atom stereocenters. The summed E-state index contributed by atoms with van der Waals surface area (Å²) >= 11 is 0. The van der Waals surface area contributed by atoms with Crippen molar-refractivity contribution in [2.75, 3.05) is 27.3 Å². The lowest BCUT2D eigenvalue weighted by Gasteiger charge is -2.16. The van der Waals surface area contributed by atoms with E-state index in [0.29, 0.717) is 19.6 Å². The Morgan fingerprint density at radius 3 is 1.91 bits per heavy atom. The van der Waals surface area contributed by atoms with Crippen LogP contribution in [-0.2, 0) is 25.6 Å². The summed E-state index contributed by atoms with van der Waals surface area (Å²) < 4.78 is 8.91. The summed E-state index contributed by atoms with van der Waals surface area (Å²) in [7, 11) is 2.56. The highest BCUT2D eigenvalue weighted by Gasteiger charge is 2.03. The van der Waals surface area contributed by atoms with Crippen molar-refractivity contribution in [2.45, 2.75) is 6.54 Å². The summed E-state index contributed by atoms with van der Waals surface area (Å²) in [6.07, 6.45) is 0. The van der Waals surface area contributed by atoms with E-state index in [9.17, 15) is 9.59 Å². The van der Waals surface area contributed by atoms with E-state index < -0.39 is 11.9 Å². The van der Waals surface area contributed by atoms with Gasteiger partial charge in [0.1, 0.15) is 0 Å². The fraction of sp³-hybridized carbons (Fsp3) is 0.294. The predicted octanol–water partition coefficient (Wildman–Crippen LogP) is 0.841. The molecule has 0 spiro atoms. The third-order valence-corrected chi connectivity index (χ3v) is 2.61. The Kier molecular flexibility index (Phi) is 7.89. The summed E-state index contributed by atoms with van der Waals surface area (Å²) in [6.45, 7) is 1.27. The van der Waals surface area contributed by atoms with Crippen molar-refractivity contribution in [3.05, 3.63) is 35.9 Å². The van der Waals surface area contributed by atoms with Crippen molar-refractivity contribution in [3.63, 3.8) is 0 Å². The second-order valence-corrected chi connectivity index (χ2v) is 4.22. The van der Waals surface area contributed by atoms with Crippen molar-refractivity contribution < 1.29 is 19.1 Å². The molecular weight excluding hydrogens is 282 g/mol. The molecule has 22 heavy (non-hydrogen) atoms. The SMILES string of the molecule is COC(=O)C#CCN(CC#CC(=O)OC)Cc1ccccc1. The smallest absolute Gasteiger partial charge is 0.384 e. The first-order chi connectivity index (χ1) is 10.7. The van der Waals surface area contributed by atoms with Crippen LogP contribution in [0.4, 0.5) is 0 Å². The molecule has 0 aliphatic rings. The molecule has 1 rings (SSSR count). The van der Waals surface area contributed by atoms with Crippen LogP contribution in [0.1, 0.15) is 5.56 Å². The zero-order valence-electron chi connectivity index (χ0n) is 12.6. The average molecular weight is 299 g/mol. The summed E-state index contributed by atoms with van der Waals surface area (Å²) in [4.78, 5) is 23.9. The van der Waals surface area contributed by atoms with E-state index >= 15 is 0 Å². The topological polar surface area (TPSA) is 55.8 Å². The molecule has 0 heterocycles. The van der Waals surface area contributed by atoms with Gasteiger partial charge < -0.3 is 9.47 Å². The second-order valence-electron chi connectivity index (χ2n) is 4.22. The van der Waals surface area contributed by atoms with Gasteiger partial charge in [-0.2, -0.15) is 0 Å². The maximum atomic E-state index is 11.0. The van der Waals surface area contributed by atoms with Crippen molar-refractivity contribution in [2.24, 2.45) is 0 Å². The minimum Gasteiger partial charge on any atom is -0.459 e. The van der Waals surface area contributed by atoms with Crippen LogP contribution in [0.2, 0.25) is 0 Å². The third kappa shape index (κ3) is 7.14. The van der Waals surface area contributed by atoms with Crippen molar-refractivity contribution >= 4 is 11.9 Å². The van der Waals surface area contributed by atoms with Gasteiger partial charge in [0, 0.05) is 18.4 Å². The van der Waals surface area contributed by atoms with Gasteiger partial charge in [-0.15, -0.1) is 0 Å². The molecule has 0 bridgehead atoms. The Balaban J connectivity index is 2.70. The van der Waals surface area contributed by atoms with Crippen LogP contribution in [0.15, 0.2) is 30.3 Å². The van der Waals surface area contributed by atoms with Crippen LogP contribution < -0.4 is 0 Å². The van der Waals surface area contributed by atoms with Gasteiger partial charge in [-0.1, -0.05) is 42.2 Å². The highest BCUT2D eigenvalue weighted by Crippen LogP contribution is 2.03. The molecule has 0 amide bonds. The molecule has 0 aromatic heterocycles. The molecule has 0 aliphatic heterocycles. The maximum absolute atomic E-state index is 11.0. The van der Waals surface area contributed by atoms with E-state index in [4.69, 9.17) is 0 Å². The van der Waals surface area contributed by atoms with Gasteiger partial charge in [0.25, 0.3) is 0 Å². The molecule has 0 atom stereocenters. The molecule has 0 aliphatic carbocycles. The highest BCUT2D eigenvalue weighted by atomic mass is 16.5. The van der Waals surface area contributed by atoms with Crippen LogP contribution in [0.25, 0.3) is 0 Å². The van der Waals surface area contributed by atoms with Gasteiger partial charge in [0.2, 0.25) is 0 Å². The Hall–Kier alpha value is -2.76.